The molecule has 110 valence electrons. The summed E-state index contributed by atoms with van der Waals surface area (Å²) in [5, 5.41) is 13.5. The highest BCUT2D eigenvalue weighted by molar-refractivity contribution is 5.82. The Kier molecular flexibility index (Phi) is 5.42. The number of urea groups is 1. The topological polar surface area (TPSA) is 78.4 Å². The smallest absolute Gasteiger partial charge is 0.326 e. The first-order valence-electron chi connectivity index (χ1n) is 6.02. The van der Waals surface area contributed by atoms with Gasteiger partial charge < -0.3 is 15.7 Å². The molecular formula is C13H16F2N2O3. The summed E-state index contributed by atoms with van der Waals surface area (Å²) in [5.41, 5.74) is 0.109. The van der Waals surface area contributed by atoms with Crippen LogP contribution in [0.2, 0.25) is 0 Å². The van der Waals surface area contributed by atoms with Crippen molar-refractivity contribution in [2.75, 3.05) is 0 Å². The van der Waals surface area contributed by atoms with Crippen molar-refractivity contribution >= 4 is 12.0 Å². The van der Waals surface area contributed by atoms with Crippen LogP contribution in [-0.2, 0) is 11.3 Å². The molecule has 3 N–H and O–H groups in total. The van der Waals surface area contributed by atoms with Crippen LogP contribution >= 0.6 is 0 Å². The van der Waals surface area contributed by atoms with Crippen molar-refractivity contribution in [3.05, 3.63) is 35.4 Å². The van der Waals surface area contributed by atoms with Gasteiger partial charge >= 0.3 is 12.0 Å². The lowest BCUT2D eigenvalue weighted by molar-refractivity contribution is -0.140. The molecule has 0 saturated carbocycles. The monoisotopic (exact) mass is 286 g/mol. The van der Waals surface area contributed by atoms with Crippen molar-refractivity contribution in [1.29, 1.82) is 0 Å². The standard InChI is InChI=1S/C13H16F2N2O3/c1-7(2)11(12(18)19)17-13(20)16-6-8-3-4-9(14)5-10(8)15/h3-5,7,11H,6H2,1-2H3,(H,18,19)(H2,16,17,20)/t11-/m0/s1. The van der Waals surface area contributed by atoms with Gasteiger partial charge in [-0.05, 0) is 12.0 Å². The van der Waals surface area contributed by atoms with E-state index in [1.54, 1.807) is 13.8 Å². The molecule has 7 heteroatoms. The Morgan fingerprint density at radius 3 is 2.45 bits per heavy atom. The summed E-state index contributed by atoms with van der Waals surface area (Å²) in [4.78, 5) is 22.4. The quantitative estimate of drug-likeness (QED) is 0.773. The second-order valence-corrected chi connectivity index (χ2v) is 4.62. The molecule has 0 aliphatic rings. The van der Waals surface area contributed by atoms with Crippen LogP contribution in [0.5, 0.6) is 0 Å². The maximum atomic E-state index is 13.3. The Hall–Kier alpha value is -2.18. The van der Waals surface area contributed by atoms with Gasteiger partial charge in [0.2, 0.25) is 0 Å². The van der Waals surface area contributed by atoms with Gasteiger partial charge in [0.25, 0.3) is 0 Å². The predicted octanol–water partition coefficient (Wildman–Crippen LogP) is 1.87. The molecule has 0 saturated heterocycles. The number of carbonyl (C=O) groups excluding carboxylic acids is 1. The summed E-state index contributed by atoms with van der Waals surface area (Å²) in [6.45, 7) is 3.14. The van der Waals surface area contributed by atoms with Crippen LogP contribution in [0.15, 0.2) is 18.2 Å². The van der Waals surface area contributed by atoms with Crippen molar-refractivity contribution in [3.63, 3.8) is 0 Å². The third-order valence-corrected chi connectivity index (χ3v) is 2.67. The SMILES string of the molecule is CC(C)[C@H](NC(=O)NCc1ccc(F)cc1F)C(=O)O. The van der Waals surface area contributed by atoms with Crippen LogP contribution < -0.4 is 10.6 Å². The molecular weight excluding hydrogens is 270 g/mol. The first-order chi connectivity index (χ1) is 9.31. The molecule has 0 fully saturated rings. The molecule has 1 aromatic carbocycles. The van der Waals surface area contributed by atoms with E-state index in [0.29, 0.717) is 6.07 Å². The van der Waals surface area contributed by atoms with Crippen LogP contribution in [0, 0.1) is 17.6 Å². The van der Waals surface area contributed by atoms with E-state index in [1.807, 2.05) is 0 Å². The zero-order valence-electron chi connectivity index (χ0n) is 11.1. The Balaban J connectivity index is 2.57. The second-order valence-electron chi connectivity index (χ2n) is 4.62. The average molecular weight is 286 g/mol. The van der Waals surface area contributed by atoms with Crippen molar-refractivity contribution in [3.8, 4) is 0 Å². The van der Waals surface area contributed by atoms with Gasteiger partial charge in [-0.25, -0.2) is 18.4 Å². The fourth-order valence-corrected chi connectivity index (χ4v) is 1.55. The number of benzene rings is 1. The average Bonchev–Trinajstić information content (AvgIpc) is 2.34. The van der Waals surface area contributed by atoms with E-state index < -0.39 is 29.7 Å². The molecule has 0 radical (unpaired) electrons. The Bertz CT molecular complexity index is 506. The molecule has 20 heavy (non-hydrogen) atoms. The van der Waals surface area contributed by atoms with Gasteiger partial charge in [0.1, 0.15) is 17.7 Å². The number of carbonyl (C=O) groups is 2. The van der Waals surface area contributed by atoms with E-state index in [2.05, 4.69) is 10.6 Å². The minimum atomic E-state index is -1.15. The molecule has 1 aromatic rings. The number of aliphatic carboxylic acids is 1. The molecule has 0 heterocycles. The summed E-state index contributed by atoms with van der Waals surface area (Å²) < 4.78 is 26.0. The van der Waals surface area contributed by atoms with Gasteiger partial charge in [-0.3, -0.25) is 0 Å². The third kappa shape index (κ3) is 4.49. The second kappa shape index (κ2) is 6.83. The lowest BCUT2D eigenvalue weighted by atomic mass is 10.1. The van der Waals surface area contributed by atoms with E-state index in [0.717, 1.165) is 6.07 Å². The van der Waals surface area contributed by atoms with Crippen LogP contribution in [0.4, 0.5) is 13.6 Å². The highest BCUT2D eigenvalue weighted by Crippen LogP contribution is 2.09. The van der Waals surface area contributed by atoms with Gasteiger partial charge in [-0.15, -0.1) is 0 Å². The van der Waals surface area contributed by atoms with Crippen molar-refractivity contribution in [2.24, 2.45) is 5.92 Å². The summed E-state index contributed by atoms with van der Waals surface area (Å²) in [5.74, 6) is -2.92. The number of hydrogen-bond donors (Lipinski definition) is 3. The first-order valence-corrected chi connectivity index (χ1v) is 6.02. The maximum absolute atomic E-state index is 13.3. The highest BCUT2D eigenvalue weighted by atomic mass is 19.1. The summed E-state index contributed by atoms with van der Waals surface area (Å²) in [7, 11) is 0. The fourth-order valence-electron chi connectivity index (χ4n) is 1.55. The Morgan fingerprint density at radius 2 is 1.95 bits per heavy atom. The number of halogens is 2. The van der Waals surface area contributed by atoms with Gasteiger partial charge in [-0.1, -0.05) is 19.9 Å². The third-order valence-electron chi connectivity index (χ3n) is 2.67. The molecule has 5 nitrogen and oxygen atoms in total. The minimum Gasteiger partial charge on any atom is -0.480 e. The van der Waals surface area contributed by atoms with Crippen LogP contribution in [0.3, 0.4) is 0 Å². The van der Waals surface area contributed by atoms with Crippen molar-refractivity contribution < 1.29 is 23.5 Å². The molecule has 2 amide bonds. The molecule has 1 atom stereocenters. The molecule has 0 spiro atoms. The fraction of sp³-hybridized carbons (Fsp3) is 0.385. The summed E-state index contributed by atoms with van der Waals surface area (Å²) in [6, 6.07) is 1.24. The molecule has 1 rings (SSSR count). The van der Waals surface area contributed by atoms with Gasteiger partial charge in [0, 0.05) is 18.2 Å². The van der Waals surface area contributed by atoms with E-state index in [-0.39, 0.29) is 18.0 Å². The number of amides is 2. The van der Waals surface area contributed by atoms with Crippen molar-refractivity contribution in [1.82, 2.24) is 10.6 Å². The number of rotatable bonds is 5. The molecule has 0 bridgehead atoms. The van der Waals surface area contributed by atoms with E-state index >= 15 is 0 Å². The molecule has 0 aliphatic heterocycles. The Labute approximate surface area is 115 Å². The number of hydrogen-bond acceptors (Lipinski definition) is 2. The van der Waals surface area contributed by atoms with E-state index in [1.165, 1.54) is 6.07 Å². The maximum Gasteiger partial charge on any atom is 0.326 e. The Morgan fingerprint density at radius 1 is 1.30 bits per heavy atom. The molecule has 0 aliphatic carbocycles. The normalized spacial score (nSPS) is 12.1. The number of carboxylic acids is 1. The first kappa shape index (κ1) is 15.9. The zero-order chi connectivity index (χ0) is 15.3. The molecule has 0 aromatic heterocycles. The largest absolute Gasteiger partial charge is 0.480 e. The van der Waals surface area contributed by atoms with Gasteiger partial charge in [0.05, 0.1) is 0 Å². The molecule has 0 unspecified atom stereocenters. The zero-order valence-corrected chi connectivity index (χ0v) is 11.1. The number of nitrogens with one attached hydrogen (secondary N) is 2. The lowest BCUT2D eigenvalue weighted by Crippen LogP contribution is -2.48. The predicted molar refractivity (Wildman–Crippen MR) is 68.0 cm³/mol. The van der Waals surface area contributed by atoms with Gasteiger partial charge in [0.15, 0.2) is 0 Å². The lowest BCUT2D eigenvalue weighted by Gasteiger charge is -2.18. The van der Waals surface area contributed by atoms with Crippen LogP contribution in [0.25, 0.3) is 0 Å². The van der Waals surface area contributed by atoms with E-state index in [4.69, 9.17) is 5.11 Å². The summed E-state index contributed by atoms with van der Waals surface area (Å²) >= 11 is 0. The summed E-state index contributed by atoms with van der Waals surface area (Å²) in [6.07, 6.45) is 0. The highest BCUT2D eigenvalue weighted by Gasteiger charge is 2.23. The van der Waals surface area contributed by atoms with E-state index in [9.17, 15) is 18.4 Å². The minimum absolute atomic E-state index is 0.109. The van der Waals surface area contributed by atoms with Crippen LogP contribution in [0.1, 0.15) is 19.4 Å². The number of carboxylic acid groups (broad SMARTS) is 1. The van der Waals surface area contributed by atoms with Crippen molar-refractivity contribution in [2.45, 2.75) is 26.4 Å². The van der Waals surface area contributed by atoms with Crippen LogP contribution in [-0.4, -0.2) is 23.1 Å². The van der Waals surface area contributed by atoms with Gasteiger partial charge in [-0.2, -0.15) is 0 Å².